The van der Waals surface area contributed by atoms with E-state index in [0.29, 0.717) is 11.7 Å². The highest BCUT2D eigenvalue weighted by molar-refractivity contribution is 5.92. The predicted molar refractivity (Wildman–Crippen MR) is 102 cm³/mol. The van der Waals surface area contributed by atoms with Gasteiger partial charge in [-0.1, -0.05) is 60.7 Å². The number of aromatic nitrogens is 2. The van der Waals surface area contributed by atoms with E-state index in [2.05, 4.69) is 15.3 Å². The van der Waals surface area contributed by atoms with Crippen LogP contribution in [-0.2, 0) is 4.79 Å². The van der Waals surface area contributed by atoms with E-state index in [1.54, 1.807) is 0 Å². The highest BCUT2D eigenvalue weighted by Gasteiger charge is 2.10. The molecule has 1 amide bonds. The molecule has 0 aliphatic carbocycles. The Morgan fingerprint density at radius 3 is 2.50 bits per heavy atom. The Morgan fingerprint density at radius 2 is 1.65 bits per heavy atom. The van der Waals surface area contributed by atoms with Crippen molar-refractivity contribution in [2.24, 2.45) is 0 Å². The lowest BCUT2D eigenvalue weighted by molar-refractivity contribution is -0.118. The molecule has 0 aliphatic rings. The van der Waals surface area contributed by atoms with E-state index >= 15 is 0 Å². The van der Waals surface area contributed by atoms with E-state index in [-0.39, 0.29) is 12.5 Å². The topological polar surface area (TPSA) is 67.0 Å². The second kappa shape index (κ2) is 7.11. The maximum Gasteiger partial charge on any atom is 0.264 e. The molecule has 0 saturated carbocycles. The molecule has 2 N–H and O–H groups in total. The van der Waals surface area contributed by atoms with E-state index in [0.717, 1.165) is 22.2 Å². The van der Waals surface area contributed by atoms with Crippen molar-refractivity contribution < 1.29 is 9.53 Å². The zero-order valence-corrected chi connectivity index (χ0v) is 14.0. The van der Waals surface area contributed by atoms with Crippen LogP contribution in [-0.4, -0.2) is 22.5 Å². The quantitative estimate of drug-likeness (QED) is 0.569. The molecule has 128 valence electrons. The Kier molecular flexibility index (Phi) is 4.35. The smallest absolute Gasteiger partial charge is 0.264 e. The normalized spacial score (nSPS) is 10.6. The Balaban J connectivity index is 1.45. The van der Waals surface area contributed by atoms with Gasteiger partial charge in [-0.3, -0.25) is 10.1 Å². The van der Waals surface area contributed by atoms with Crippen molar-refractivity contribution in [2.45, 2.75) is 0 Å². The molecule has 0 fully saturated rings. The fourth-order valence-corrected chi connectivity index (χ4v) is 2.77. The molecule has 4 aromatic rings. The van der Waals surface area contributed by atoms with Crippen LogP contribution in [0.2, 0.25) is 0 Å². The molecule has 0 spiro atoms. The first-order chi connectivity index (χ1) is 12.8. The number of fused-ring (bicyclic) bond motifs is 1. The number of anilines is 1. The zero-order chi connectivity index (χ0) is 17.8. The number of rotatable bonds is 5. The van der Waals surface area contributed by atoms with Crippen molar-refractivity contribution in [3.63, 3.8) is 0 Å². The number of imidazole rings is 1. The van der Waals surface area contributed by atoms with Crippen LogP contribution < -0.4 is 10.1 Å². The van der Waals surface area contributed by atoms with Gasteiger partial charge in [0.1, 0.15) is 5.75 Å². The van der Waals surface area contributed by atoms with Crippen LogP contribution in [0, 0.1) is 0 Å². The summed E-state index contributed by atoms with van der Waals surface area (Å²) in [4.78, 5) is 19.6. The maximum atomic E-state index is 12.2. The van der Waals surface area contributed by atoms with Crippen LogP contribution in [0.4, 0.5) is 5.95 Å². The summed E-state index contributed by atoms with van der Waals surface area (Å²) in [6.45, 7) is -0.0963. The largest absolute Gasteiger partial charge is 0.483 e. The number of hydrogen-bond acceptors (Lipinski definition) is 3. The summed E-state index contributed by atoms with van der Waals surface area (Å²) in [6.07, 6.45) is 0. The zero-order valence-electron chi connectivity index (χ0n) is 14.0. The van der Waals surface area contributed by atoms with Crippen LogP contribution in [0.5, 0.6) is 5.75 Å². The van der Waals surface area contributed by atoms with Crippen LogP contribution in [0.15, 0.2) is 78.9 Å². The number of carbonyl (C=O) groups is 1. The van der Waals surface area contributed by atoms with Gasteiger partial charge in [-0.15, -0.1) is 0 Å². The molecule has 1 heterocycles. The van der Waals surface area contributed by atoms with Crippen molar-refractivity contribution in [1.82, 2.24) is 9.97 Å². The molecular formula is C21H17N3O2. The van der Waals surface area contributed by atoms with Crippen molar-refractivity contribution in [3.8, 4) is 16.9 Å². The molecule has 3 aromatic carbocycles. The first kappa shape index (κ1) is 15.9. The molecule has 4 rings (SSSR count). The average molecular weight is 343 g/mol. The van der Waals surface area contributed by atoms with E-state index in [1.165, 1.54) is 0 Å². The second-order valence-electron chi connectivity index (χ2n) is 5.80. The third-order valence-corrected chi connectivity index (χ3v) is 3.98. The summed E-state index contributed by atoms with van der Waals surface area (Å²) < 4.78 is 5.75. The van der Waals surface area contributed by atoms with Crippen molar-refractivity contribution in [3.05, 3.63) is 78.9 Å². The minimum atomic E-state index is -0.271. The number of nitrogens with one attached hydrogen (secondary N) is 2. The molecule has 0 aliphatic heterocycles. The maximum absolute atomic E-state index is 12.2. The number of para-hydroxylation sites is 3. The van der Waals surface area contributed by atoms with Gasteiger partial charge in [0.05, 0.1) is 11.0 Å². The van der Waals surface area contributed by atoms with Gasteiger partial charge in [0.25, 0.3) is 5.91 Å². The molecule has 0 radical (unpaired) electrons. The van der Waals surface area contributed by atoms with Crippen molar-refractivity contribution >= 4 is 22.9 Å². The minimum Gasteiger partial charge on any atom is -0.483 e. The number of aromatic amines is 1. The summed E-state index contributed by atoms with van der Waals surface area (Å²) in [7, 11) is 0. The molecule has 0 bridgehead atoms. The molecule has 0 saturated heterocycles. The third kappa shape index (κ3) is 3.42. The molecule has 26 heavy (non-hydrogen) atoms. The standard InChI is InChI=1S/C21H17N3O2/c25-20(24-21-22-17-11-5-6-12-18(17)23-21)14-26-19-13-7-4-10-16(19)15-8-2-1-3-9-15/h1-13H,14H2,(H2,22,23,24,25). The van der Waals surface area contributed by atoms with E-state index in [1.807, 2.05) is 78.9 Å². The summed E-state index contributed by atoms with van der Waals surface area (Å²) in [5.74, 6) is 0.807. The lowest BCUT2D eigenvalue weighted by Gasteiger charge is -2.11. The van der Waals surface area contributed by atoms with Gasteiger partial charge >= 0.3 is 0 Å². The second-order valence-corrected chi connectivity index (χ2v) is 5.80. The Morgan fingerprint density at radius 1 is 0.923 bits per heavy atom. The van der Waals surface area contributed by atoms with Crippen LogP contribution >= 0.6 is 0 Å². The van der Waals surface area contributed by atoms with Crippen molar-refractivity contribution in [2.75, 3.05) is 11.9 Å². The monoisotopic (exact) mass is 343 g/mol. The van der Waals surface area contributed by atoms with Gasteiger partial charge in [0.2, 0.25) is 5.95 Å². The summed E-state index contributed by atoms with van der Waals surface area (Å²) >= 11 is 0. The first-order valence-corrected chi connectivity index (χ1v) is 8.31. The lowest BCUT2D eigenvalue weighted by Crippen LogP contribution is -2.21. The SMILES string of the molecule is O=C(COc1ccccc1-c1ccccc1)Nc1nc2ccccc2[nH]1. The van der Waals surface area contributed by atoms with Gasteiger partial charge in [0.15, 0.2) is 6.61 Å². The van der Waals surface area contributed by atoms with Crippen LogP contribution in [0.25, 0.3) is 22.2 Å². The predicted octanol–water partition coefficient (Wildman–Crippen LogP) is 4.25. The van der Waals surface area contributed by atoms with Gasteiger partial charge < -0.3 is 9.72 Å². The van der Waals surface area contributed by atoms with E-state index in [9.17, 15) is 4.79 Å². The van der Waals surface area contributed by atoms with Gasteiger partial charge in [-0.25, -0.2) is 4.98 Å². The number of amides is 1. The summed E-state index contributed by atoms with van der Waals surface area (Å²) in [5.41, 5.74) is 3.67. The molecule has 0 unspecified atom stereocenters. The Labute approximate surface area is 150 Å². The molecule has 5 heteroatoms. The summed E-state index contributed by atoms with van der Waals surface area (Å²) in [5, 5.41) is 2.73. The minimum absolute atomic E-state index is 0.0963. The number of hydrogen-bond donors (Lipinski definition) is 2. The molecule has 1 aromatic heterocycles. The average Bonchev–Trinajstić information content (AvgIpc) is 3.09. The van der Waals surface area contributed by atoms with E-state index in [4.69, 9.17) is 4.74 Å². The fraction of sp³-hybridized carbons (Fsp3) is 0.0476. The molecule has 5 nitrogen and oxygen atoms in total. The fourth-order valence-electron chi connectivity index (χ4n) is 2.77. The van der Waals surface area contributed by atoms with Gasteiger partial charge in [0, 0.05) is 5.56 Å². The Bertz CT molecular complexity index is 1010. The number of H-pyrrole nitrogens is 1. The highest BCUT2D eigenvalue weighted by atomic mass is 16.5. The molecular weight excluding hydrogens is 326 g/mol. The number of carbonyl (C=O) groups excluding carboxylic acids is 1. The lowest BCUT2D eigenvalue weighted by atomic mass is 10.1. The number of ether oxygens (including phenoxy) is 1. The van der Waals surface area contributed by atoms with Gasteiger partial charge in [-0.05, 0) is 23.8 Å². The molecule has 0 atom stereocenters. The van der Waals surface area contributed by atoms with Crippen molar-refractivity contribution in [1.29, 1.82) is 0 Å². The highest BCUT2D eigenvalue weighted by Crippen LogP contribution is 2.29. The Hall–Kier alpha value is -3.60. The first-order valence-electron chi connectivity index (χ1n) is 8.31. The van der Waals surface area contributed by atoms with Crippen LogP contribution in [0.1, 0.15) is 0 Å². The number of benzene rings is 3. The van der Waals surface area contributed by atoms with E-state index < -0.39 is 0 Å². The van der Waals surface area contributed by atoms with Crippen LogP contribution in [0.3, 0.4) is 0 Å². The van der Waals surface area contributed by atoms with Gasteiger partial charge in [-0.2, -0.15) is 0 Å². The number of nitrogens with zero attached hydrogens (tertiary/aromatic N) is 1. The third-order valence-electron chi connectivity index (χ3n) is 3.98. The summed E-state index contributed by atoms with van der Waals surface area (Å²) in [6, 6.07) is 25.2.